The molecule has 1 saturated carbocycles. The van der Waals surface area contributed by atoms with E-state index in [1.807, 2.05) is 18.7 Å². The second kappa shape index (κ2) is 8.12. The Bertz CT molecular complexity index is 1090. The lowest BCUT2D eigenvalue weighted by Crippen LogP contribution is -2.48. The van der Waals surface area contributed by atoms with E-state index in [4.69, 9.17) is 17.3 Å². The van der Waals surface area contributed by atoms with Crippen LogP contribution >= 0.6 is 11.3 Å². The van der Waals surface area contributed by atoms with Gasteiger partial charge in [0.15, 0.2) is 0 Å². The molecule has 8 nitrogen and oxygen atoms in total. The summed E-state index contributed by atoms with van der Waals surface area (Å²) in [6.45, 7) is 4.73. The lowest BCUT2D eigenvalue weighted by molar-refractivity contribution is -0.223. The lowest BCUT2D eigenvalue weighted by atomic mass is 10.0. The molecule has 166 valence electrons. The molecule has 0 bridgehead atoms. The minimum absolute atomic E-state index is 0.118. The lowest BCUT2D eigenvalue weighted by Gasteiger charge is -2.37. The van der Waals surface area contributed by atoms with Crippen LogP contribution in [0.1, 0.15) is 43.4 Å². The minimum atomic E-state index is -3.05. The van der Waals surface area contributed by atoms with Crippen molar-refractivity contribution in [2.75, 3.05) is 13.1 Å². The number of aliphatic hydroxyl groups is 2. The quantitative estimate of drug-likeness (QED) is 0.522. The molecule has 1 saturated heterocycles. The average molecular weight is 457 g/mol. The molecular formula is C21H21BFN3O5S. The predicted octanol–water partition coefficient (Wildman–Crippen LogP) is 2.05. The van der Waals surface area contributed by atoms with Gasteiger partial charge in [-0.05, 0) is 25.8 Å². The van der Waals surface area contributed by atoms with E-state index >= 15 is 0 Å². The van der Waals surface area contributed by atoms with E-state index in [2.05, 4.69) is 4.98 Å². The highest BCUT2D eigenvalue weighted by Crippen LogP contribution is 2.47. The molecular weight excluding hydrogens is 436 g/mol. The number of rotatable bonds is 5. The zero-order valence-corrected chi connectivity index (χ0v) is 18.4. The van der Waals surface area contributed by atoms with Gasteiger partial charge in [0.2, 0.25) is 13.8 Å². The van der Waals surface area contributed by atoms with Crippen molar-refractivity contribution < 1.29 is 28.9 Å². The summed E-state index contributed by atoms with van der Waals surface area (Å²) in [5, 5.41) is 30.2. The van der Waals surface area contributed by atoms with Gasteiger partial charge in [-0.25, -0.2) is 9.37 Å². The van der Waals surface area contributed by atoms with Gasteiger partial charge in [-0.2, -0.15) is 5.26 Å². The number of halogens is 1. The Morgan fingerprint density at radius 2 is 2.19 bits per heavy atom. The van der Waals surface area contributed by atoms with Crippen LogP contribution in [0.3, 0.4) is 0 Å². The number of carbonyl (C=O) groups is 1. The molecule has 1 aliphatic carbocycles. The minimum Gasteiger partial charge on any atom is -0.448 e. The third kappa shape index (κ3) is 4.64. The van der Waals surface area contributed by atoms with Crippen molar-refractivity contribution in [1.82, 2.24) is 9.88 Å². The van der Waals surface area contributed by atoms with Crippen LogP contribution in [-0.4, -0.2) is 58.9 Å². The molecule has 1 aromatic heterocycles. The van der Waals surface area contributed by atoms with E-state index in [1.54, 1.807) is 11.4 Å². The molecule has 0 spiro atoms. The fourth-order valence-corrected chi connectivity index (χ4v) is 4.53. The van der Waals surface area contributed by atoms with Gasteiger partial charge in [0.25, 0.3) is 5.87 Å². The molecule has 2 aliphatic rings. The normalized spacial score (nSPS) is 22.3. The highest BCUT2D eigenvalue weighted by atomic mass is 32.1. The number of nitriles is 1. The van der Waals surface area contributed by atoms with E-state index in [0.29, 0.717) is 23.8 Å². The number of morpholine rings is 1. The van der Waals surface area contributed by atoms with Gasteiger partial charge < -0.3 is 24.6 Å². The zero-order valence-electron chi connectivity index (χ0n) is 17.5. The topological polar surface area (TPSA) is 116 Å². The summed E-state index contributed by atoms with van der Waals surface area (Å²) in [6, 6.07) is 3.77. The number of thiazole rings is 1. The van der Waals surface area contributed by atoms with Gasteiger partial charge in [0, 0.05) is 29.0 Å². The van der Waals surface area contributed by atoms with Crippen LogP contribution in [-0.2, 0) is 9.53 Å². The van der Waals surface area contributed by atoms with Crippen LogP contribution < -0.4 is 4.74 Å². The summed E-state index contributed by atoms with van der Waals surface area (Å²) in [6.07, 6.45) is 1.14. The third-order valence-corrected chi connectivity index (χ3v) is 6.52. The number of nitrogens with zero attached hydrogens (tertiary/aromatic N) is 3. The van der Waals surface area contributed by atoms with Crippen molar-refractivity contribution >= 4 is 25.1 Å². The van der Waals surface area contributed by atoms with Crippen molar-refractivity contribution in [3.8, 4) is 23.1 Å². The maximum absolute atomic E-state index is 14.1. The third-order valence-electron chi connectivity index (χ3n) is 5.59. The summed E-state index contributed by atoms with van der Waals surface area (Å²) in [7, 11) is 5.08. The van der Waals surface area contributed by atoms with Crippen LogP contribution in [0.15, 0.2) is 17.5 Å². The molecule has 2 radical (unpaired) electrons. The van der Waals surface area contributed by atoms with Crippen molar-refractivity contribution in [3.63, 3.8) is 0 Å². The zero-order chi connectivity index (χ0) is 23.3. The Morgan fingerprint density at radius 3 is 2.81 bits per heavy atom. The number of ether oxygens (including phenoxy) is 2. The summed E-state index contributed by atoms with van der Waals surface area (Å²) in [5.74, 6) is -4.12. The SMILES string of the molecule is [B]C(O)(O)Oc1cc(F)c(C#N)cc1-c1csc(C2CN(C(=O)C3(C)CC3)CC(C)O2)n1. The Hall–Kier alpha value is -2.52. The van der Waals surface area contributed by atoms with Gasteiger partial charge in [0.1, 0.15) is 28.7 Å². The molecule has 1 aliphatic heterocycles. The molecule has 4 rings (SSSR count). The molecule has 2 atom stereocenters. The standard InChI is InChI=1S/C21H21BFN3O5S/c1-11-8-26(19(27)20(2)3-4-20)9-17(30-11)18-25-15(10-32-18)13-5-12(7-24)14(23)6-16(13)31-21(22,28)29/h5-6,10-11,17,28-29H,3-4,8-9H2,1-2H3. The fraction of sp³-hybridized carbons (Fsp3) is 0.476. The van der Waals surface area contributed by atoms with E-state index in [0.717, 1.165) is 18.9 Å². The van der Waals surface area contributed by atoms with E-state index < -0.39 is 17.8 Å². The summed E-state index contributed by atoms with van der Waals surface area (Å²) in [5.41, 5.74) is -0.0786. The largest absolute Gasteiger partial charge is 0.448 e. The molecule has 11 heteroatoms. The maximum Gasteiger partial charge on any atom is 0.259 e. The van der Waals surface area contributed by atoms with E-state index in [1.165, 1.54) is 17.4 Å². The molecule has 2 N–H and O–H groups in total. The van der Waals surface area contributed by atoms with Gasteiger partial charge >= 0.3 is 0 Å². The first-order valence-corrected chi connectivity index (χ1v) is 10.9. The van der Waals surface area contributed by atoms with Crippen molar-refractivity contribution in [2.24, 2.45) is 5.41 Å². The number of benzene rings is 1. The fourth-order valence-electron chi connectivity index (χ4n) is 3.68. The predicted molar refractivity (Wildman–Crippen MR) is 113 cm³/mol. The monoisotopic (exact) mass is 457 g/mol. The summed E-state index contributed by atoms with van der Waals surface area (Å²) in [4.78, 5) is 19.2. The van der Waals surface area contributed by atoms with Crippen molar-refractivity contribution in [3.05, 3.63) is 33.9 Å². The van der Waals surface area contributed by atoms with Crippen LogP contribution in [0.4, 0.5) is 4.39 Å². The molecule has 32 heavy (non-hydrogen) atoms. The Labute approximate surface area is 189 Å². The maximum atomic E-state index is 14.1. The van der Waals surface area contributed by atoms with E-state index in [-0.39, 0.29) is 34.3 Å². The van der Waals surface area contributed by atoms with Crippen LogP contribution in [0.5, 0.6) is 5.75 Å². The highest BCUT2D eigenvalue weighted by molar-refractivity contribution is 7.10. The van der Waals surface area contributed by atoms with Gasteiger partial charge in [-0.1, -0.05) is 6.92 Å². The first-order valence-electron chi connectivity index (χ1n) is 10.1. The van der Waals surface area contributed by atoms with E-state index in [9.17, 15) is 24.7 Å². The highest BCUT2D eigenvalue weighted by Gasteiger charge is 2.48. The molecule has 1 amide bonds. The summed E-state index contributed by atoms with van der Waals surface area (Å²) < 4.78 is 25.0. The Balaban J connectivity index is 1.63. The van der Waals surface area contributed by atoms with Crippen LogP contribution in [0.2, 0.25) is 0 Å². The molecule has 2 fully saturated rings. The average Bonchev–Trinajstić information content (AvgIpc) is 3.27. The van der Waals surface area contributed by atoms with Crippen LogP contribution in [0.25, 0.3) is 11.3 Å². The first kappa shape index (κ1) is 22.7. The second-order valence-corrected chi connectivity index (χ2v) is 9.37. The number of hydrogen-bond acceptors (Lipinski definition) is 8. The number of carbonyl (C=O) groups excluding carboxylic acids is 1. The molecule has 2 aromatic rings. The number of aromatic nitrogens is 1. The number of amides is 1. The van der Waals surface area contributed by atoms with Crippen LogP contribution in [0, 0.1) is 22.6 Å². The Morgan fingerprint density at radius 1 is 1.47 bits per heavy atom. The Kier molecular flexibility index (Phi) is 5.75. The van der Waals surface area contributed by atoms with Gasteiger partial charge in [-0.15, -0.1) is 11.3 Å². The van der Waals surface area contributed by atoms with Crippen molar-refractivity contribution in [1.29, 1.82) is 5.26 Å². The molecule has 1 aromatic carbocycles. The molecule has 2 heterocycles. The van der Waals surface area contributed by atoms with Gasteiger partial charge in [-0.3, -0.25) is 4.79 Å². The van der Waals surface area contributed by atoms with Gasteiger partial charge in [0.05, 0.1) is 23.9 Å². The smallest absolute Gasteiger partial charge is 0.259 e. The summed E-state index contributed by atoms with van der Waals surface area (Å²) >= 11 is 1.27. The molecule has 2 unspecified atom stereocenters. The van der Waals surface area contributed by atoms with Crippen molar-refractivity contribution in [2.45, 2.75) is 44.8 Å². The number of hydrogen-bond donors (Lipinski definition) is 2. The first-order chi connectivity index (χ1) is 15.0. The second-order valence-electron chi connectivity index (χ2n) is 8.48.